The average molecular weight is 336 g/mol. The van der Waals surface area contributed by atoms with Gasteiger partial charge in [0.2, 0.25) is 0 Å². The predicted molar refractivity (Wildman–Crippen MR) is 77.7 cm³/mol. The molecule has 0 aliphatic heterocycles. The topological polar surface area (TPSA) is 85.1 Å². The first kappa shape index (κ1) is 14.1. The molecule has 0 saturated carbocycles. The monoisotopic (exact) mass is 335 g/mol. The van der Waals surface area contributed by atoms with E-state index in [0.29, 0.717) is 16.9 Å². The molecule has 2 aromatic rings. The molecule has 0 spiro atoms. The number of aromatic nitrogens is 1. The van der Waals surface area contributed by atoms with E-state index in [2.05, 4.69) is 26.2 Å². The van der Waals surface area contributed by atoms with Gasteiger partial charge in [-0.05, 0) is 31.2 Å². The van der Waals surface area contributed by atoms with Crippen LogP contribution in [0.25, 0.3) is 0 Å². The molecule has 0 saturated heterocycles. The quantitative estimate of drug-likeness (QED) is 0.688. The number of hydrogen-bond acceptors (Lipinski definition) is 4. The molecule has 1 N–H and O–H groups in total. The third-order valence-electron chi connectivity index (χ3n) is 2.62. The molecule has 1 heterocycles. The fourth-order valence-corrected chi connectivity index (χ4v) is 2.00. The van der Waals surface area contributed by atoms with Crippen LogP contribution in [0, 0.1) is 17.0 Å². The van der Waals surface area contributed by atoms with Crippen LogP contribution in [0.15, 0.2) is 41.0 Å². The number of carbonyl (C=O) groups excluding carboxylic acids is 1. The first-order valence-corrected chi connectivity index (χ1v) is 6.44. The summed E-state index contributed by atoms with van der Waals surface area (Å²) < 4.78 is 0.794. The van der Waals surface area contributed by atoms with E-state index < -0.39 is 4.92 Å². The van der Waals surface area contributed by atoms with E-state index in [4.69, 9.17) is 0 Å². The van der Waals surface area contributed by atoms with Crippen LogP contribution in [0.5, 0.6) is 0 Å². The van der Waals surface area contributed by atoms with E-state index in [1.54, 1.807) is 25.3 Å². The van der Waals surface area contributed by atoms with E-state index in [-0.39, 0.29) is 11.6 Å². The van der Waals surface area contributed by atoms with Gasteiger partial charge in [-0.3, -0.25) is 14.9 Å². The lowest BCUT2D eigenvalue weighted by atomic mass is 10.1. The van der Waals surface area contributed by atoms with Gasteiger partial charge in [-0.1, -0.05) is 15.9 Å². The highest BCUT2D eigenvalue weighted by molar-refractivity contribution is 9.10. The molecular formula is C13H10BrN3O3. The maximum Gasteiger partial charge on any atom is 0.272 e. The molecule has 0 radical (unpaired) electrons. The Kier molecular flexibility index (Phi) is 4.09. The van der Waals surface area contributed by atoms with Gasteiger partial charge in [-0.25, -0.2) is 4.98 Å². The van der Waals surface area contributed by atoms with E-state index >= 15 is 0 Å². The molecule has 0 aliphatic carbocycles. The second-order valence-corrected chi connectivity index (χ2v) is 4.99. The minimum atomic E-state index is -0.479. The van der Waals surface area contributed by atoms with Gasteiger partial charge in [-0.15, -0.1) is 0 Å². The summed E-state index contributed by atoms with van der Waals surface area (Å²) >= 11 is 3.28. The van der Waals surface area contributed by atoms with Crippen molar-refractivity contribution in [2.24, 2.45) is 0 Å². The number of nitrogens with one attached hydrogen (secondary N) is 1. The number of amides is 1. The lowest BCUT2D eigenvalue weighted by Gasteiger charge is -2.05. The van der Waals surface area contributed by atoms with Gasteiger partial charge in [0.1, 0.15) is 5.82 Å². The molecule has 102 valence electrons. The molecule has 1 aromatic carbocycles. The summed E-state index contributed by atoms with van der Waals surface area (Å²) in [5.74, 6) is 0.0361. The minimum absolute atomic E-state index is 0.0119. The van der Waals surface area contributed by atoms with Gasteiger partial charge >= 0.3 is 0 Å². The number of rotatable bonds is 3. The van der Waals surface area contributed by atoms with Crippen molar-refractivity contribution in [3.05, 3.63) is 62.2 Å². The number of aryl methyl sites for hydroxylation is 1. The zero-order valence-corrected chi connectivity index (χ0v) is 12.0. The summed E-state index contributed by atoms with van der Waals surface area (Å²) in [5.41, 5.74) is 0.766. The van der Waals surface area contributed by atoms with E-state index in [0.717, 1.165) is 4.47 Å². The van der Waals surface area contributed by atoms with Crippen LogP contribution < -0.4 is 5.32 Å². The fraction of sp³-hybridized carbons (Fsp3) is 0.0769. The number of nitrogens with zero attached hydrogens (tertiary/aromatic N) is 2. The van der Waals surface area contributed by atoms with Crippen LogP contribution in [0.3, 0.4) is 0 Å². The highest BCUT2D eigenvalue weighted by Gasteiger charge is 2.14. The average Bonchev–Trinajstić information content (AvgIpc) is 2.38. The molecule has 1 aromatic heterocycles. The minimum Gasteiger partial charge on any atom is -0.307 e. The van der Waals surface area contributed by atoms with E-state index in [1.807, 2.05) is 0 Å². The van der Waals surface area contributed by atoms with Crippen LogP contribution in [0.4, 0.5) is 11.5 Å². The number of anilines is 1. The van der Waals surface area contributed by atoms with Crippen molar-refractivity contribution in [1.29, 1.82) is 0 Å². The number of carbonyl (C=O) groups is 1. The molecule has 7 heteroatoms. The van der Waals surface area contributed by atoms with Crippen LogP contribution in [-0.2, 0) is 0 Å². The third kappa shape index (κ3) is 3.18. The Morgan fingerprint density at radius 2 is 2.10 bits per heavy atom. The Labute approximate surface area is 123 Å². The van der Waals surface area contributed by atoms with E-state index in [1.165, 1.54) is 18.2 Å². The lowest BCUT2D eigenvalue weighted by Crippen LogP contribution is -2.13. The van der Waals surface area contributed by atoms with Gasteiger partial charge in [0, 0.05) is 27.9 Å². The Hall–Kier alpha value is -2.28. The van der Waals surface area contributed by atoms with Crippen LogP contribution in [-0.4, -0.2) is 15.8 Å². The molecule has 0 fully saturated rings. The van der Waals surface area contributed by atoms with Crippen molar-refractivity contribution >= 4 is 33.3 Å². The van der Waals surface area contributed by atoms with Gasteiger partial charge in [0.25, 0.3) is 11.6 Å². The fourth-order valence-electron chi connectivity index (χ4n) is 1.66. The first-order valence-electron chi connectivity index (χ1n) is 5.65. The molecule has 1 amide bonds. The molecule has 6 nitrogen and oxygen atoms in total. The van der Waals surface area contributed by atoms with E-state index in [9.17, 15) is 14.9 Å². The maximum atomic E-state index is 12.0. The Morgan fingerprint density at radius 1 is 1.35 bits per heavy atom. The van der Waals surface area contributed by atoms with Crippen LogP contribution in [0.2, 0.25) is 0 Å². The number of hydrogen-bond donors (Lipinski definition) is 1. The summed E-state index contributed by atoms with van der Waals surface area (Å²) in [4.78, 5) is 26.3. The SMILES string of the molecule is Cc1cc(C(=O)Nc2cc(Br)ccn2)ccc1[N+](=O)[O-]. The predicted octanol–water partition coefficient (Wildman–Crippen LogP) is 3.31. The summed E-state index contributed by atoms with van der Waals surface area (Å²) in [6.45, 7) is 1.59. The second kappa shape index (κ2) is 5.79. The van der Waals surface area contributed by atoms with Crippen molar-refractivity contribution in [1.82, 2.24) is 4.98 Å². The number of halogens is 1. The number of pyridine rings is 1. The summed E-state index contributed by atoms with van der Waals surface area (Å²) in [7, 11) is 0. The Morgan fingerprint density at radius 3 is 2.70 bits per heavy atom. The highest BCUT2D eigenvalue weighted by atomic mass is 79.9. The number of benzene rings is 1. The van der Waals surface area contributed by atoms with Crippen LogP contribution >= 0.6 is 15.9 Å². The molecule has 0 aliphatic rings. The van der Waals surface area contributed by atoms with Crippen molar-refractivity contribution in [3.63, 3.8) is 0 Å². The van der Waals surface area contributed by atoms with Gasteiger partial charge in [0.15, 0.2) is 0 Å². The molecule has 2 rings (SSSR count). The standard InChI is InChI=1S/C13H10BrN3O3/c1-8-6-9(2-3-11(8)17(19)20)13(18)16-12-7-10(14)4-5-15-12/h2-7H,1H3,(H,15,16,18). The summed E-state index contributed by atoms with van der Waals surface area (Å²) in [6, 6.07) is 7.62. The van der Waals surface area contributed by atoms with Crippen molar-refractivity contribution in [3.8, 4) is 0 Å². The third-order valence-corrected chi connectivity index (χ3v) is 3.11. The smallest absolute Gasteiger partial charge is 0.272 e. The summed E-state index contributed by atoms with van der Waals surface area (Å²) in [5, 5.41) is 13.3. The second-order valence-electron chi connectivity index (χ2n) is 4.07. The van der Waals surface area contributed by atoms with Gasteiger partial charge in [-0.2, -0.15) is 0 Å². The van der Waals surface area contributed by atoms with Crippen LogP contribution in [0.1, 0.15) is 15.9 Å². The van der Waals surface area contributed by atoms with Crippen molar-refractivity contribution < 1.29 is 9.72 Å². The van der Waals surface area contributed by atoms with Crippen molar-refractivity contribution in [2.45, 2.75) is 6.92 Å². The number of nitro benzene ring substituents is 1. The van der Waals surface area contributed by atoms with Crippen molar-refractivity contribution in [2.75, 3.05) is 5.32 Å². The first-order chi connectivity index (χ1) is 9.47. The molecule has 20 heavy (non-hydrogen) atoms. The highest BCUT2D eigenvalue weighted by Crippen LogP contribution is 2.20. The van der Waals surface area contributed by atoms with Gasteiger partial charge in [0.05, 0.1) is 4.92 Å². The normalized spacial score (nSPS) is 10.1. The molecule has 0 atom stereocenters. The maximum absolute atomic E-state index is 12.0. The lowest BCUT2D eigenvalue weighted by molar-refractivity contribution is -0.385. The number of nitro groups is 1. The Balaban J connectivity index is 2.22. The largest absolute Gasteiger partial charge is 0.307 e. The summed E-state index contributed by atoms with van der Waals surface area (Å²) in [6.07, 6.45) is 1.56. The van der Waals surface area contributed by atoms with Gasteiger partial charge < -0.3 is 5.32 Å². The molecule has 0 bridgehead atoms. The zero-order valence-electron chi connectivity index (χ0n) is 10.5. The zero-order chi connectivity index (χ0) is 14.7. The molecular weight excluding hydrogens is 326 g/mol. The Bertz CT molecular complexity index is 688. The molecule has 0 unspecified atom stereocenters.